The number of thioether (sulfide) groups is 1. The summed E-state index contributed by atoms with van der Waals surface area (Å²) in [4.78, 5) is 26.2. The molecule has 1 atom stereocenters. The second-order valence-corrected chi connectivity index (χ2v) is 9.18. The molecular formula is C27H30N2O2S. The van der Waals surface area contributed by atoms with Crippen molar-refractivity contribution in [1.82, 2.24) is 0 Å². The fraction of sp³-hybridized carbons (Fsp3) is 0.259. The summed E-state index contributed by atoms with van der Waals surface area (Å²) in [6.07, 6.45) is 1.29. The molecule has 3 rings (SSSR count). The lowest BCUT2D eigenvalue weighted by Crippen LogP contribution is -2.19. The van der Waals surface area contributed by atoms with Crippen molar-refractivity contribution in [1.29, 1.82) is 0 Å². The van der Waals surface area contributed by atoms with Gasteiger partial charge < -0.3 is 10.6 Å². The molecule has 0 saturated heterocycles. The van der Waals surface area contributed by atoms with Gasteiger partial charge in [0.05, 0.1) is 0 Å². The Morgan fingerprint density at radius 3 is 2.19 bits per heavy atom. The molecule has 0 heterocycles. The van der Waals surface area contributed by atoms with E-state index in [1.807, 2.05) is 85.8 Å². The van der Waals surface area contributed by atoms with Crippen molar-refractivity contribution in [3.05, 3.63) is 90.0 Å². The van der Waals surface area contributed by atoms with Crippen molar-refractivity contribution >= 4 is 35.0 Å². The minimum Gasteiger partial charge on any atom is -0.326 e. The fourth-order valence-corrected chi connectivity index (χ4v) is 4.38. The number of amides is 2. The standard InChI is InChI=1S/C27H30N2O2S/c1-4-9-25(30)28-23-12-8-13-24(18-23)32-26(21-10-6-5-7-11-21)27(31)29-22-16-14-20(15-17-22)19(2)3/h5-8,10-19,26H,4,9H2,1-3H3,(H,28,30)(H,29,31). The number of carbonyl (C=O) groups excluding carboxylic acids is 2. The van der Waals surface area contributed by atoms with E-state index >= 15 is 0 Å². The van der Waals surface area contributed by atoms with E-state index < -0.39 is 5.25 Å². The van der Waals surface area contributed by atoms with Crippen LogP contribution in [0.2, 0.25) is 0 Å². The van der Waals surface area contributed by atoms with Crippen molar-refractivity contribution in [3.63, 3.8) is 0 Å². The van der Waals surface area contributed by atoms with E-state index in [4.69, 9.17) is 0 Å². The average molecular weight is 447 g/mol. The third-order valence-corrected chi connectivity index (χ3v) is 6.28. The maximum atomic E-state index is 13.3. The zero-order valence-corrected chi connectivity index (χ0v) is 19.6. The number of nitrogens with one attached hydrogen (secondary N) is 2. The zero-order chi connectivity index (χ0) is 22.9. The minimum absolute atomic E-state index is 0.00292. The summed E-state index contributed by atoms with van der Waals surface area (Å²) in [5.41, 5.74) is 3.68. The van der Waals surface area contributed by atoms with Gasteiger partial charge in [0.2, 0.25) is 11.8 Å². The van der Waals surface area contributed by atoms with Crippen LogP contribution in [0.5, 0.6) is 0 Å². The maximum absolute atomic E-state index is 13.3. The number of hydrogen-bond acceptors (Lipinski definition) is 3. The van der Waals surface area contributed by atoms with E-state index in [1.54, 1.807) is 0 Å². The van der Waals surface area contributed by atoms with Gasteiger partial charge in [-0.25, -0.2) is 0 Å². The summed E-state index contributed by atoms with van der Waals surface area (Å²) >= 11 is 1.47. The Bertz CT molecular complexity index is 1030. The van der Waals surface area contributed by atoms with Crippen LogP contribution in [0.4, 0.5) is 11.4 Å². The molecule has 2 amide bonds. The fourth-order valence-electron chi connectivity index (χ4n) is 3.29. The average Bonchev–Trinajstić information content (AvgIpc) is 2.79. The molecule has 3 aromatic rings. The normalized spacial score (nSPS) is 11.8. The van der Waals surface area contributed by atoms with Gasteiger partial charge in [0.1, 0.15) is 5.25 Å². The molecule has 4 nitrogen and oxygen atoms in total. The van der Waals surface area contributed by atoms with Gasteiger partial charge in [-0.2, -0.15) is 0 Å². The molecule has 0 fully saturated rings. The molecule has 0 radical (unpaired) electrons. The van der Waals surface area contributed by atoms with E-state index in [1.165, 1.54) is 17.3 Å². The topological polar surface area (TPSA) is 58.2 Å². The van der Waals surface area contributed by atoms with Gasteiger partial charge in [0.25, 0.3) is 0 Å². The number of rotatable bonds is 9. The van der Waals surface area contributed by atoms with Gasteiger partial charge in [0, 0.05) is 22.7 Å². The molecule has 3 aromatic carbocycles. The molecule has 0 aliphatic carbocycles. The van der Waals surface area contributed by atoms with E-state index in [0.29, 0.717) is 12.3 Å². The van der Waals surface area contributed by atoms with E-state index in [-0.39, 0.29) is 11.8 Å². The summed E-state index contributed by atoms with van der Waals surface area (Å²) in [7, 11) is 0. The highest BCUT2D eigenvalue weighted by Gasteiger charge is 2.22. The van der Waals surface area contributed by atoms with Crippen LogP contribution >= 0.6 is 11.8 Å². The Balaban J connectivity index is 1.79. The van der Waals surface area contributed by atoms with Crippen molar-refractivity contribution in [2.75, 3.05) is 10.6 Å². The number of hydrogen-bond donors (Lipinski definition) is 2. The summed E-state index contributed by atoms with van der Waals surface area (Å²) < 4.78 is 0. The lowest BCUT2D eigenvalue weighted by Gasteiger charge is -2.18. The third kappa shape index (κ3) is 6.72. The molecule has 0 bridgehead atoms. The Morgan fingerprint density at radius 1 is 0.812 bits per heavy atom. The molecule has 1 unspecified atom stereocenters. The molecule has 0 aliphatic rings. The Kier molecular flexibility index (Phi) is 8.51. The van der Waals surface area contributed by atoms with Gasteiger partial charge in [-0.1, -0.05) is 69.3 Å². The number of benzene rings is 3. The van der Waals surface area contributed by atoms with E-state index in [2.05, 4.69) is 24.5 Å². The lowest BCUT2D eigenvalue weighted by molar-refractivity contribution is -0.116. The van der Waals surface area contributed by atoms with Gasteiger partial charge in [-0.3, -0.25) is 9.59 Å². The monoisotopic (exact) mass is 446 g/mol. The van der Waals surface area contributed by atoms with Crippen LogP contribution in [-0.4, -0.2) is 11.8 Å². The number of anilines is 2. The van der Waals surface area contributed by atoms with Crippen molar-refractivity contribution in [3.8, 4) is 0 Å². The first-order chi connectivity index (χ1) is 15.5. The Morgan fingerprint density at radius 2 is 1.53 bits per heavy atom. The first-order valence-corrected chi connectivity index (χ1v) is 11.9. The largest absolute Gasteiger partial charge is 0.326 e. The van der Waals surface area contributed by atoms with Crippen LogP contribution in [-0.2, 0) is 9.59 Å². The van der Waals surface area contributed by atoms with Crippen LogP contribution in [0.1, 0.15) is 55.9 Å². The molecule has 0 saturated carbocycles. The predicted octanol–water partition coefficient (Wildman–Crippen LogP) is 7.02. The van der Waals surface area contributed by atoms with Crippen molar-refractivity contribution in [2.45, 2.75) is 49.7 Å². The molecule has 0 spiro atoms. The van der Waals surface area contributed by atoms with Crippen molar-refractivity contribution < 1.29 is 9.59 Å². The molecule has 32 heavy (non-hydrogen) atoms. The van der Waals surface area contributed by atoms with E-state index in [9.17, 15) is 9.59 Å². The zero-order valence-electron chi connectivity index (χ0n) is 18.8. The smallest absolute Gasteiger partial charge is 0.242 e. The molecule has 0 aromatic heterocycles. The van der Waals surface area contributed by atoms with Crippen LogP contribution in [0.3, 0.4) is 0 Å². The molecule has 166 valence electrons. The highest BCUT2D eigenvalue weighted by molar-refractivity contribution is 8.00. The summed E-state index contributed by atoms with van der Waals surface area (Å²) in [6, 6.07) is 25.4. The van der Waals surface area contributed by atoms with Gasteiger partial charge in [0.15, 0.2) is 0 Å². The Hall–Kier alpha value is -3.05. The van der Waals surface area contributed by atoms with Crippen molar-refractivity contribution in [2.24, 2.45) is 0 Å². The summed E-state index contributed by atoms with van der Waals surface area (Å²) in [5, 5.41) is 5.56. The van der Waals surface area contributed by atoms with Crippen LogP contribution in [0.15, 0.2) is 83.8 Å². The SMILES string of the molecule is CCCC(=O)Nc1cccc(SC(C(=O)Nc2ccc(C(C)C)cc2)c2ccccc2)c1. The first kappa shape index (κ1) is 23.6. The number of carbonyl (C=O) groups is 2. The third-order valence-electron chi connectivity index (χ3n) is 5.03. The van der Waals surface area contributed by atoms with Gasteiger partial charge >= 0.3 is 0 Å². The molecule has 5 heteroatoms. The second kappa shape index (κ2) is 11.5. The van der Waals surface area contributed by atoms with Gasteiger partial charge in [-0.15, -0.1) is 11.8 Å². The lowest BCUT2D eigenvalue weighted by atomic mass is 10.0. The summed E-state index contributed by atoms with van der Waals surface area (Å²) in [6.45, 7) is 6.27. The second-order valence-electron chi connectivity index (χ2n) is 8.00. The molecule has 0 aliphatic heterocycles. The van der Waals surface area contributed by atoms with Crippen LogP contribution in [0.25, 0.3) is 0 Å². The first-order valence-electron chi connectivity index (χ1n) is 11.0. The van der Waals surface area contributed by atoms with Gasteiger partial charge in [-0.05, 0) is 53.8 Å². The van der Waals surface area contributed by atoms with E-state index in [0.717, 1.165) is 28.3 Å². The maximum Gasteiger partial charge on any atom is 0.242 e. The highest BCUT2D eigenvalue weighted by Crippen LogP contribution is 2.37. The minimum atomic E-state index is -0.428. The van der Waals surface area contributed by atoms with Crippen LogP contribution < -0.4 is 10.6 Å². The molecular weight excluding hydrogens is 416 g/mol. The predicted molar refractivity (Wildman–Crippen MR) is 134 cm³/mol. The Labute approximate surface area is 194 Å². The highest BCUT2D eigenvalue weighted by atomic mass is 32.2. The molecule has 2 N–H and O–H groups in total. The summed E-state index contributed by atoms with van der Waals surface area (Å²) in [5.74, 6) is 0.355. The quantitative estimate of drug-likeness (QED) is 0.347. The van der Waals surface area contributed by atoms with Crippen LogP contribution in [0, 0.1) is 0 Å².